The number of hydrogen-bond donors (Lipinski definition) is 0. The Morgan fingerprint density at radius 1 is 1.00 bits per heavy atom. The van der Waals surface area contributed by atoms with Crippen LogP contribution in [-0.4, -0.2) is 30.1 Å². The minimum absolute atomic E-state index is 0.646. The predicted octanol–water partition coefficient (Wildman–Crippen LogP) is 2.30. The second kappa shape index (κ2) is 5.63. The Balaban J connectivity index is 2.78. The van der Waals surface area contributed by atoms with Gasteiger partial charge in [-0.2, -0.15) is 0 Å². The molecule has 0 bridgehead atoms. The minimum Gasteiger partial charge on any atom is -0.377 e. The Morgan fingerprint density at radius 3 is 1.87 bits per heavy atom. The van der Waals surface area contributed by atoms with Crippen molar-refractivity contribution in [2.75, 3.05) is 21.3 Å². The second-order valence-corrected chi connectivity index (χ2v) is 6.48. The van der Waals surface area contributed by atoms with E-state index in [2.05, 4.69) is 0 Å². The van der Waals surface area contributed by atoms with Gasteiger partial charge in [0.1, 0.15) is 0 Å². The summed E-state index contributed by atoms with van der Waals surface area (Å²) in [7, 11) is 2.30. The summed E-state index contributed by atoms with van der Waals surface area (Å²) in [6, 6.07) is 8.23. The molecular weight excluding hydrogens is 232 g/mol. The number of halogens is 1. The van der Waals surface area contributed by atoms with Gasteiger partial charge in [-0.3, -0.25) is 0 Å². The van der Waals surface area contributed by atoms with Crippen molar-refractivity contribution in [1.82, 2.24) is 0 Å². The maximum absolute atomic E-state index is 5.80. The largest absolute Gasteiger partial charge is 0.504 e. The van der Waals surface area contributed by atoms with E-state index in [-0.39, 0.29) is 0 Å². The van der Waals surface area contributed by atoms with Crippen LogP contribution in [-0.2, 0) is 19.3 Å². The van der Waals surface area contributed by atoms with Gasteiger partial charge in [0.2, 0.25) is 0 Å². The predicted molar refractivity (Wildman–Crippen MR) is 61.9 cm³/mol. The minimum atomic E-state index is -2.52. The second-order valence-electron chi connectivity index (χ2n) is 3.10. The van der Waals surface area contributed by atoms with Crippen LogP contribution in [0.5, 0.6) is 0 Å². The molecule has 0 aliphatic heterocycles. The normalized spacial score (nSPS) is 11.7. The Labute approximate surface area is 96.3 Å². The molecule has 1 rings (SSSR count). The van der Waals surface area contributed by atoms with Gasteiger partial charge in [-0.05, 0) is 17.7 Å². The summed E-state index contributed by atoms with van der Waals surface area (Å²) in [5, 5.41) is 0.721. The summed E-state index contributed by atoms with van der Waals surface area (Å²) >= 11 is 5.80. The van der Waals surface area contributed by atoms with Crippen LogP contribution >= 0.6 is 11.6 Å². The van der Waals surface area contributed by atoms with Crippen molar-refractivity contribution in [2.45, 2.75) is 6.04 Å². The molecule has 84 valence electrons. The summed E-state index contributed by atoms with van der Waals surface area (Å²) in [6.45, 7) is 0. The molecule has 0 aromatic heterocycles. The molecule has 5 heteroatoms. The van der Waals surface area contributed by atoms with Crippen LogP contribution in [0.3, 0.4) is 0 Å². The summed E-state index contributed by atoms with van der Waals surface area (Å²) in [5.41, 5.74) is 1.09. The molecule has 0 radical (unpaired) electrons. The first-order valence-corrected chi connectivity index (χ1v) is 6.86. The van der Waals surface area contributed by atoms with E-state index < -0.39 is 8.80 Å². The fourth-order valence-electron chi connectivity index (χ4n) is 1.32. The Morgan fingerprint density at radius 2 is 1.47 bits per heavy atom. The molecule has 0 fully saturated rings. The molecule has 0 spiro atoms. The Bertz CT molecular complexity index is 290. The lowest BCUT2D eigenvalue weighted by Crippen LogP contribution is -2.45. The highest BCUT2D eigenvalue weighted by Gasteiger charge is 2.37. The van der Waals surface area contributed by atoms with Crippen molar-refractivity contribution < 1.29 is 13.3 Å². The van der Waals surface area contributed by atoms with Gasteiger partial charge in [-0.25, -0.2) is 0 Å². The van der Waals surface area contributed by atoms with Gasteiger partial charge in [0.05, 0.1) is 0 Å². The first-order valence-electron chi connectivity index (χ1n) is 4.55. The zero-order valence-corrected chi connectivity index (χ0v) is 10.9. The van der Waals surface area contributed by atoms with Gasteiger partial charge in [0, 0.05) is 32.4 Å². The lowest BCUT2D eigenvalue weighted by Gasteiger charge is -2.24. The first-order chi connectivity index (χ1) is 7.15. The molecule has 1 aromatic carbocycles. The summed E-state index contributed by atoms with van der Waals surface area (Å²) in [6.07, 6.45) is 0. The molecule has 0 aliphatic carbocycles. The summed E-state index contributed by atoms with van der Waals surface area (Å²) in [4.78, 5) is 0. The van der Waals surface area contributed by atoms with Crippen LogP contribution in [0.15, 0.2) is 24.3 Å². The van der Waals surface area contributed by atoms with Gasteiger partial charge in [-0.15, -0.1) is 0 Å². The highest BCUT2D eigenvalue weighted by Crippen LogP contribution is 2.16. The van der Waals surface area contributed by atoms with Gasteiger partial charge in [0.15, 0.2) is 0 Å². The zero-order chi connectivity index (χ0) is 11.3. The number of benzene rings is 1. The maximum Gasteiger partial charge on any atom is 0.504 e. The van der Waals surface area contributed by atoms with Crippen molar-refractivity contribution in [3.63, 3.8) is 0 Å². The van der Waals surface area contributed by atoms with Gasteiger partial charge in [0.25, 0.3) is 0 Å². The molecule has 15 heavy (non-hydrogen) atoms. The van der Waals surface area contributed by atoms with Crippen LogP contribution in [0.1, 0.15) is 5.56 Å². The quantitative estimate of drug-likeness (QED) is 0.747. The third kappa shape index (κ3) is 3.29. The van der Waals surface area contributed by atoms with Gasteiger partial charge < -0.3 is 13.3 Å². The van der Waals surface area contributed by atoms with Crippen molar-refractivity contribution >= 4 is 20.4 Å². The van der Waals surface area contributed by atoms with E-state index in [9.17, 15) is 0 Å². The average molecular weight is 247 g/mol. The molecule has 0 aliphatic rings. The van der Waals surface area contributed by atoms with Crippen LogP contribution < -0.4 is 0 Å². The molecule has 0 heterocycles. The van der Waals surface area contributed by atoms with Crippen LogP contribution in [0.2, 0.25) is 5.02 Å². The highest BCUT2D eigenvalue weighted by molar-refractivity contribution is 6.60. The van der Waals surface area contributed by atoms with E-state index in [1.807, 2.05) is 24.3 Å². The summed E-state index contributed by atoms with van der Waals surface area (Å²) < 4.78 is 16.0. The smallest absolute Gasteiger partial charge is 0.377 e. The lowest BCUT2D eigenvalue weighted by molar-refractivity contribution is 0.122. The van der Waals surface area contributed by atoms with Crippen LogP contribution in [0.4, 0.5) is 0 Å². The molecule has 0 N–H and O–H groups in total. The molecule has 0 saturated heterocycles. The number of hydrogen-bond acceptors (Lipinski definition) is 3. The summed E-state index contributed by atoms with van der Waals surface area (Å²) in [5.74, 6) is 0. The zero-order valence-electron chi connectivity index (χ0n) is 9.12. The van der Waals surface area contributed by atoms with Crippen molar-refractivity contribution in [3.05, 3.63) is 34.9 Å². The topological polar surface area (TPSA) is 27.7 Å². The van der Waals surface area contributed by atoms with E-state index in [1.165, 1.54) is 0 Å². The molecule has 0 amide bonds. The fourth-order valence-corrected chi connectivity index (χ4v) is 3.11. The fraction of sp³-hybridized carbons (Fsp3) is 0.400. The van der Waals surface area contributed by atoms with Crippen molar-refractivity contribution in [2.24, 2.45) is 0 Å². The van der Waals surface area contributed by atoms with Crippen molar-refractivity contribution in [3.8, 4) is 0 Å². The van der Waals surface area contributed by atoms with Gasteiger partial charge in [-0.1, -0.05) is 23.7 Å². The SMILES string of the molecule is CO[Si](Cc1ccc(Cl)cc1)(OC)OC. The molecule has 1 aromatic rings. The van der Waals surface area contributed by atoms with Crippen LogP contribution in [0.25, 0.3) is 0 Å². The molecule has 0 unspecified atom stereocenters. The van der Waals surface area contributed by atoms with Crippen LogP contribution in [0, 0.1) is 0 Å². The Hall–Kier alpha value is -0.393. The van der Waals surface area contributed by atoms with Crippen molar-refractivity contribution in [1.29, 1.82) is 0 Å². The average Bonchev–Trinajstić information content (AvgIpc) is 2.29. The maximum atomic E-state index is 5.80. The van der Waals surface area contributed by atoms with E-state index in [0.29, 0.717) is 6.04 Å². The molecule has 0 saturated carbocycles. The third-order valence-electron chi connectivity index (χ3n) is 2.27. The van der Waals surface area contributed by atoms with E-state index in [1.54, 1.807) is 21.3 Å². The Kier molecular flexibility index (Phi) is 4.75. The standard InChI is InChI=1S/C10H15ClO3Si/c1-12-15(13-2,14-3)8-9-4-6-10(11)7-5-9/h4-7H,8H2,1-3H3. The molecule has 0 atom stereocenters. The molecule has 3 nitrogen and oxygen atoms in total. The number of rotatable bonds is 5. The molecular formula is C10H15ClO3Si. The van der Waals surface area contributed by atoms with Gasteiger partial charge >= 0.3 is 8.80 Å². The van der Waals surface area contributed by atoms with E-state index in [0.717, 1.165) is 10.6 Å². The highest BCUT2D eigenvalue weighted by atomic mass is 35.5. The monoisotopic (exact) mass is 246 g/mol. The van der Waals surface area contributed by atoms with E-state index in [4.69, 9.17) is 24.9 Å². The van der Waals surface area contributed by atoms with E-state index >= 15 is 0 Å². The third-order valence-corrected chi connectivity index (χ3v) is 5.23. The first kappa shape index (κ1) is 12.7. The lowest BCUT2D eigenvalue weighted by atomic mass is 10.2.